The van der Waals surface area contributed by atoms with Crippen molar-refractivity contribution >= 4 is 30.7 Å². The number of fused-ring (bicyclic) bond motifs is 1. The van der Waals surface area contributed by atoms with Crippen LogP contribution in [0.25, 0.3) is 0 Å². The first-order valence-corrected chi connectivity index (χ1v) is 7.07. The summed E-state index contributed by atoms with van der Waals surface area (Å²) in [5.41, 5.74) is 1.15. The number of carbonyl (C=O) groups excluding carboxylic acids is 1. The number of nitrogens with one attached hydrogen (secondary N) is 2. The number of nitrogens with zero attached hydrogens (tertiary/aromatic N) is 1. The maximum Gasteiger partial charge on any atom is 0.234 e. The fourth-order valence-corrected chi connectivity index (χ4v) is 3.12. The summed E-state index contributed by atoms with van der Waals surface area (Å²) in [5, 5.41) is 6.50. The molecule has 1 aromatic rings. The van der Waals surface area contributed by atoms with Crippen LogP contribution in [0.5, 0.6) is 0 Å². The third-order valence-electron chi connectivity index (χ3n) is 4.14. The molecule has 2 aliphatic heterocycles. The first-order valence-electron chi connectivity index (χ1n) is 7.07. The summed E-state index contributed by atoms with van der Waals surface area (Å²) in [4.78, 5) is 14.2. The van der Waals surface area contributed by atoms with Gasteiger partial charge in [-0.15, -0.1) is 24.8 Å². The van der Waals surface area contributed by atoms with Crippen molar-refractivity contribution in [3.05, 3.63) is 35.9 Å². The Balaban J connectivity index is 0.00000110. The van der Waals surface area contributed by atoms with Crippen molar-refractivity contribution in [3.63, 3.8) is 0 Å². The van der Waals surface area contributed by atoms with Crippen LogP contribution in [0.4, 0.5) is 0 Å². The van der Waals surface area contributed by atoms with Gasteiger partial charge in [0.2, 0.25) is 5.91 Å². The van der Waals surface area contributed by atoms with Gasteiger partial charge in [-0.2, -0.15) is 0 Å². The van der Waals surface area contributed by atoms with Crippen LogP contribution in [0.3, 0.4) is 0 Å². The molecular formula is C15H23Cl2N3O. The van der Waals surface area contributed by atoms with Gasteiger partial charge in [-0.25, -0.2) is 0 Å². The van der Waals surface area contributed by atoms with E-state index in [1.54, 1.807) is 0 Å². The molecule has 1 aromatic carbocycles. The van der Waals surface area contributed by atoms with Crippen LogP contribution in [-0.2, 0) is 11.3 Å². The molecule has 4 nitrogen and oxygen atoms in total. The third kappa shape index (κ3) is 4.85. The van der Waals surface area contributed by atoms with Crippen LogP contribution < -0.4 is 10.6 Å². The van der Waals surface area contributed by atoms with Crippen molar-refractivity contribution in [3.8, 4) is 0 Å². The number of rotatable bonds is 4. The molecule has 0 aliphatic carbocycles. The smallest absolute Gasteiger partial charge is 0.234 e. The number of carbonyl (C=O) groups is 1. The van der Waals surface area contributed by atoms with Gasteiger partial charge in [-0.3, -0.25) is 9.69 Å². The van der Waals surface area contributed by atoms with E-state index in [1.807, 2.05) is 30.3 Å². The fourth-order valence-electron chi connectivity index (χ4n) is 3.12. The number of hydrogen-bond acceptors (Lipinski definition) is 3. The zero-order valence-corrected chi connectivity index (χ0v) is 13.6. The molecule has 0 radical (unpaired) electrons. The van der Waals surface area contributed by atoms with Gasteiger partial charge in [-0.05, 0) is 24.4 Å². The van der Waals surface area contributed by atoms with Crippen molar-refractivity contribution in [2.45, 2.75) is 19.0 Å². The van der Waals surface area contributed by atoms with Gasteiger partial charge in [-0.1, -0.05) is 30.3 Å². The summed E-state index contributed by atoms with van der Waals surface area (Å²) >= 11 is 0. The van der Waals surface area contributed by atoms with E-state index in [9.17, 15) is 4.79 Å². The van der Waals surface area contributed by atoms with Crippen molar-refractivity contribution < 1.29 is 4.79 Å². The van der Waals surface area contributed by atoms with Gasteiger partial charge >= 0.3 is 0 Å². The molecule has 0 bridgehead atoms. The van der Waals surface area contributed by atoms with E-state index in [-0.39, 0.29) is 30.7 Å². The number of likely N-dealkylation sites (tertiary alicyclic amines) is 1. The Morgan fingerprint density at radius 3 is 2.71 bits per heavy atom. The van der Waals surface area contributed by atoms with Crippen LogP contribution in [0.2, 0.25) is 0 Å². The summed E-state index contributed by atoms with van der Waals surface area (Å²) in [6, 6.07) is 10.7. The van der Waals surface area contributed by atoms with Crippen molar-refractivity contribution in [1.29, 1.82) is 0 Å². The van der Waals surface area contributed by atoms with E-state index in [0.29, 0.717) is 19.1 Å². The second-order valence-corrected chi connectivity index (χ2v) is 5.57. The summed E-state index contributed by atoms with van der Waals surface area (Å²) in [7, 11) is 0. The van der Waals surface area contributed by atoms with Crippen LogP contribution in [0.15, 0.2) is 30.3 Å². The summed E-state index contributed by atoms with van der Waals surface area (Å²) in [6.45, 7) is 4.38. The van der Waals surface area contributed by atoms with Gasteiger partial charge in [0.1, 0.15) is 0 Å². The lowest BCUT2D eigenvalue weighted by molar-refractivity contribution is -0.122. The second-order valence-electron chi connectivity index (χ2n) is 5.57. The predicted octanol–water partition coefficient (Wildman–Crippen LogP) is 1.44. The topological polar surface area (TPSA) is 44.4 Å². The highest BCUT2D eigenvalue weighted by molar-refractivity contribution is 5.85. The van der Waals surface area contributed by atoms with E-state index >= 15 is 0 Å². The molecule has 0 aromatic heterocycles. The van der Waals surface area contributed by atoms with Crippen LogP contribution in [0.1, 0.15) is 12.0 Å². The van der Waals surface area contributed by atoms with Crippen LogP contribution in [0, 0.1) is 5.92 Å². The van der Waals surface area contributed by atoms with E-state index in [2.05, 4.69) is 15.5 Å². The normalized spacial score (nSPS) is 23.8. The Hall–Kier alpha value is -0.810. The lowest BCUT2D eigenvalue weighted by Gasteiger charge is -2.16. The molecule has 6 heteroatoms. The minimum absolute atomic E-state index is 0. The summed E-state index contributed by atoms with van der Waals surface area (Å²) in [6.07, 6.45) is 1.26. The number of amides is 1. The monoisotopic (exact) mass is 331 g/mol. The van der Waals surface area contributed by atoms with Crippen molar-refractivity contribution in [2.24, 2.45) is 5.92 Å². The van der Waals surface area contributed by atoms with Gasteiger partial charge in [0, 0.05) is 25.7 Å². The highest BCUT2D eigenvalue weighted by Crippen LogP contribution is 2.23. The number of benzene rings is 1. The first kappa shape index (κ1) is 18.2. The minimum Gasteiger partial charge on any atom is -0.351 e. The molecule has 21 heavy (non-hydrogen) atoms. The largest absolute Gasteiger partial charge is 0.351 e. The molecule has 1 amide bonds. The minimum atomic E-state index is 0. The standard InChI is InChI=1S/C15H21N3O.2ClH/c19-15(17-8-12-4-2-1-3-5-12)11-18-9-13-6-7-16-14(13)10-18;;/h1-5,13-14,16H,6-11H2,(H,17,19);2*1H/t13-,14+;;/m0../s1. The van der Waals surface area contributed by atoms with Crippen LogP contribution in [-0.4, -0.2) is 43.0 Å². The van der Waals surface area contributed by atoms with Crippen molar-refractivity contribution in [2.75, 3.05) is 26.2 Å². The number of hydrogen-bond donors (Lipinski definition) is 2. The molecule has 2 heterocycles. The quantitative estimate of drug-likeness (QED) is 0.877. The Labute approximate surface area is 138 Å². The Morgan fingerprint density at radius 2 is 2.00 bits per heavy atom. The molecule has 0 unspecified atom stereocenters. The highest BCUT2D eigenvalue weighted by Gasteiger charge is 2.36. The molecule has 0 saturated carbocycles. The first-order chi connectivity index (χ1) is 9.31. The van der Waals surface area contributed by atoms with E-state index in [4.69, 9.17) is 0 Å². The maximum absolute atomic E-state index is 11.9. The molecule has 2 aliphatic rings. The summed E-state index contributed by atoms with van der Waals surface area (Å²) < 4.78 is 0. The van der Waals surface area contributed by atoms with Crippen molar-refractivity contribution in [1.82, 2.24) is 15.5 Å². The van der Waals surface area contributed by atoms with E-state index in [0.717, 1.165) is 31.1 Å². The Bertz CT molecular complexity index is 432. The average Bonchev–Trinajstić information content (AvgIpc) is 2.98. The predicted molar refractivity (Wildman–Crippen MR) is 89.1 cm³/mol. The van der Waals surface area contributed by atoms with Gasteiger partial charge in [0.05, 0.1) is 6.54 Å². The molecule has 2 saturated heterocycles. The number of halogens is 2. The molecule has 2 N–H and O–H groups in total. The third-order valence-corrected chi connectivity index (χ3v) is 4.14. The highest BCUT2D eigenvalue weighted by atomic mass is 35.5. The fraction of sp³-hybridized carbons (Fsp3) is 0.533. The van der Waals surface area contributed by atoms with Gasteiger partial charge < -0.3 is 10.6 Å². The molecule has 118 valence electrons. The van der Waals surface area contributed by atoms with Crippen LogP contribution >= 0.6 is 24.8 Å². The lowest BCUT2D eigenvalue weighted by Crippen LogP contribution is -2.37. The van der Waals surface area contributed by atoms with Gasteiger partial charge in [0.15, 0.2) is 0 Å². The molecule has 2 atom stereocenters. The van der Waals surface area contributed by atoms with E-state index < -0.39 is 0 Å². The zero-order valence-electron chi connectivity index (χ0n) is 12.0. The molecule has 2 fully saturated rings. The Morgan fingerprint density at radius 1 is 1.24 bits per heavy atom. The lowest BCUT2D eigenvalue weighted by atomic mass is 10.1. The maximum atomic E-state index is 11.9. The molecular weight excluding hydrogens is 309 g/mol. The van der Waals surface area contributed by atoms with E-state index in [1.165, 1.54) is 6.42 Å². The molecule has 0 spiro atoms. The average molecular weight is 332 g/mol. The Kier molecular flexibility index (Phi) is 7.46. The van der Waals surface area contributed by atoms with Gasteiger partial charge in [0.25, 0.3) is 0 Å². The molecule has 3 rings (SSSR count). The second kappa shape index (κ2) is 8.59. The zero-order chi connectivity index (χ0) is 13.1. The summed E-state index contributed by atoms with van der Waals surface area (Å²) in [5.74, 6) is 0.880. The SMILES string of the molecule is Cl.Cl.O=C(CN1C[C@@H]2CCN[C@@H]2C1)NCc1ccccc1.